The molecule has 2 fully saturated rings. The van der Waals surface area contributed by atoms with Gasteiger partial charge in [-0.1, -0.05) is 0 Å². The fourth-order valence-corrected chi connectivity index (χ4v) is 5.24. The normalized spacial score (nSPS) is 20.6. The Balaban J connectivity index is 1.49. The molecule has 0 N–H and O–H groups in total. The van der Waals surface area contributed by atoms with Crippen molar-refractivity contribution in [3.63, 3.8) is 0 Å². The highest BCUT2D eigenvalue weighted by molar-refractivity contribution is 7.89. The first kappa shape index (κ1) is 21.2. The molecule has 9 heteroatoms. The molecule has 2 saturated heterocycles. The highest BCUT2D eigenvalue weighted by atomic mass is 32.2. The quantitative estimate of drug-likeness (QED) is 0.712. The van der Waals surface area contributed by atoms with Gasteiger partial charge in [0.1, 0.15) is 5.82 Å². The van der Waals surface area contributed by atoms with E-state index < -0.39 is 15.8 Å². The zero-order valence-corrected chi connectivity index (χ0v) is 17.4. The molecular formula is C19H29FN4O3S. The summed E-state index contributed by atoms with van der Waals surface area (Å²) in [5.41, 5.74) is 0. The van der Waals surface area contributed by atoms with E-state index in [1.165, 1.54) is 16.4 Å². The third-order valence-electron chi connectivity index (χ3n) is 5.69. The average molecular weight is 413 g/mol. The zero-order valence-electron chi connectivity index (χ0n) is 16.6. The number of piperidine rings is 1. The Morgan fingerprint density at radius 1 is 1.04 bits per heavy atom. The molecule has 2 heterocycles. The summed E-state index contributed by atoms with van der Waals surface area (Å²) in [7, 11) is 0.521. The third-order valence-corrected chi connectivity index (χ3v) is 7.60. The molecule has 7 nitrogen and oxygen atoms in total. The Labute approximate surface area is 166 Å². The number of benzene rings is 1. The van der Waals surface area contributed by atoms with Crippen LogP contribution < -0.4 is 0 Å². The lowest BCUT2D eigenvalue weighted by Crippen LogP contribution is -2.53. The number of amides is 1. The molecule has 2 aliphatic heterocycles. The minimum Gasteiger partial charge on any atom is -0.339 e. The van der Waals surface area contributed by atoms with Gasteiger partial charge in [0.05, 0.1) is 11.4 Å². The molecule has 28 heavy (non-hydrogen) atoms. The van der Waals surface area contributed by atoms with Crippen molar-refractivity contribution >= 4 is 15.9 Å². The first-order valence-electron chi connectivity index (χ1n) is 9.69. The molecule has 0 bridgehead atoms. The van der Waals surface area contributed by atoms with Crippen molar-refractivity contribution in [3.05, 3.63) is 30.1 Å². The second-order valence-electron chi connectivity index (χ2n) is 7.71. The van der Waals surface area contributed by atoms with Gasteiger partial charge in [-0.05, 0) is 51.2 Å². The molecule has 2 aliphatic rings. The van der Waals surface area contributed by atoms with E-state index in [4.69, 9.17) is 0 Å². The topological polar surface area (TPSA) is 64.2 Å². The fourth-order valence-electron chi connectivity index (χ4n) is 3.82. The number of carbonyl (C=O) groups excluding carboxylic acids is 1. The molecule has 0 unspecified atom stereocenters. The first-order valence-corrected chi connectivity index (χ1v) is 11.1. The Bertz CT molecular complexity index is 769. The van der Waals surface area contributed by atoms with Crippen molar-refractivity contribution in [1.82, 2.24) is 19.0 Å². The predicted octanol–water partition coefficient (Wildman–Crippen LogP) is 0.685. The number of piperazine rings is 1. The second kappa shape index (κ2) is 8.86. The second-order valence-corrected chi connectivity index (χ2v) is 9.65. The molecule has 1 aromatic rings. The van der Waals surface area contributed by atoms with Crippen molar-refractivity contribution in [1.29, 1.82) is 0 Å². The predicted molar refractivity (Wildman–Crippen MR) is 105 cm³/mol. The van der Waals surface area contributed by atoms with Crippen LogP contribution in [-0.2, 0) is 14.8 Å². The van der Waals surface area contributed by atoms with E-state index >= 15 is 0 Å². The van der Waals surface area contributed by atoms with Gasteiger partial charge in [-0.2, -0.15) is 4.31 Å². The Morgan fingerprint density at radius 2 is 1.61 bits per heavy atom. The maximum Gasteiger partial charge on any atom is 0.243 e. The number of rotatable bonds is 5. The van der Waals surface area contributed by atoms with Gasteiger partial charge in [0.25, 0.3) is 0 Å². The Kier molecular flexibility index (Phi) is 6.69. The summed E-state index contributed by atoms with van der Waals surface area (Å²) in [5.74, 6) is -0.411. The molecule has 156 valence electrons. The van der Waals surface area contributed by atoms with E-state index in [1.54, 1.807) is 4.90 Å². The number of carbonyl (C=O) groups is 1. The molecule has 3 rings (SSSR count). The number of hydrogen-bond donors (Lipinski definition) is 0. The van der Waals surface area contributed by atoms with Crippen LogP contribution in [0, 0.1) is 5.82 Å². The van der Waals surface area contributed by atoms with Crippen LogP contribution in [0.2, 0.25) is 0 Å². The van der Waals surface area contributed by atoms with Crippen LogP contribution in [0.3, 0.4) is 0 Å². The van der Waals surface area contributed by atoms with Crippen molar-refractivity contribution in [2.24, 2.45) is 0 Å². The SMILES string of the molecule is CN(C)C1CCN(CC(=O)N2CCN(S(=O)(=O)c3ccc(F)cc3)CC2)CC1. The van der Waals surface area contributed by atoms with E-state index in [-0.39, 0.29) is 23.9 Å². The van der Waals surface area contributed by atoms with Gasteiger partial charge in [-0.15, -0.1) is 0 Å². The van der Waals surface area contributed by atoms with Crippen molar-refractivity contribution in [3.8, 4) is 0 Å². The molecule has 0 aromatic heterocycles. The number of likely N-dealkylation sites (tertiary alicyclic amines) is 1. The number of hydrogen-bond acceptors (Lipinski definition) is 5. The molecule has 0 aliphatic carbocycles. The Hall–Kier alpha value is -1.55. The lowest BCUT2D eigenvalue weighted by Gasteiger charge is -2.37. The monoisotopic (exact) mass is 412 g/mol. The van der Waals surface area contributed by atoms with E-state index in [1.807, 2.05) is 0 Å². The van der Waals surface area contributed by atoms with Crippen LogP contribution >= 0.6 is 0 Å². The van der Waals surface area contributed by atoms with Crippen LogP contribution in [-0.4, -0.2) is 99.3 Å². The van der Waals surface area contributed by atoms with E-state index in [0.29, 0.717) is 25.7 Å². The smallest absolute Gasteiger partial charge is 0.243 e. The van der Waals surface area contributed by atoms with Gasteiger partial charge in [0.15, 0.2) is 0 Å². The maximum atomic E-state index is 13.1. The van der Waals surface area contributed by atoms with Gasteiger partial charge >= 0.3 is 0 Å². The highest BCUT2D eigenvalue weighted by Crippen LogP contribution is 2.19. The van der Waals surface area contributed by atoms with Gasteiger partial charge in [0, 0.05) is 45.3 Å². The summed E-state index contributed by atoms with van der Waals surface area (Å²) in [6.07, 6.45) is 2.12. The molecule has 0 atom stereocenters. The fraction of sp³-hybridized carbons (Fsp3) is 0.632. The van der Waals surface area contributed by atoms with Crippen molar-refractivity contribution < 1.29 is 17.6 Å². The summed E-state index contributed by atoms with van der Waals surface area (Å²) in [6.45, 7) is 3.50. The molecule has 0 spiro atoms. The summed E-state index contributed by atoms with van der Waals surface area (Å²) in [5, 5.41) is 0. The van der Waals surface area contributed by atoms with E-state index in [9.17, 15) is 17.6 Å². The highest BCUT2D eigenvalue weighted by Gasteiger charge is 2.31. The standard InChI is InChI=1S/C19H29FN4O3S/c1-21(2)17-7-9-22(10-8-17)15-19(25)23-11-13-24(14-12-23)28(26,27)18-5-3-16(20)4-6-18/h3-6,17H,7-15H2,1-2H3. The summed E-state index contributed by atoms with van der Waals surface area (Å²) in [4.78, 5) is 18.9. The van der Waals surface area contributed by atoms with Crippen LogP contribution in [0.25, 0.3) is 0 Å². The van der Waals surface area contributed by atoms with Crippen LogP contribution in [0.15, 0.2) is 29.2 Å². The van der Waals surface area contributed by atoms with Crippen LogP contribution in [0.5, 0.6) is 0 Å². The Morgan fingerprint density at radius 3 is 2.14 bits per heavy atom. The largest absolute Gasteiger partial charge is 0.339 e. The molecule has 1 aromatic carbocycles. The van der Waals surface area contributed by atoms with Crippen molar-refractivity contribution in [2.75, 3.05) is 59.9 Å². The molecule has 0 saturated carbocycles. The summed E-state index contributed by atoms with van der Waals surface area (Å²) in [6, 6.07) is 5.42. The molecule has 1 amide bonds. The maximum absolute atomic E-state index is 13.1. The van der Waals surface area contributed by atoms with Crippen molar-refractivity contribution in [2.45, 2.75) is 23.8 Å². The van der Waals surface area contributed by atoms with Gasteiger partial charge in [-0.25, -0.2) is 12.8 Å². The molecular weight excluding hydrogens is 383 g/mol. The minimum absolute atomic E-state index is 0.0575. The van der Waals surface area contributed by atoms with Gasteiger partial charge < -0.3 is 9.80 Å². The number of nitrogens with zero attached hydrogens (tertiary/aromatic N) is 4. The number of sulfonamides is 1. The minimum atomic E-state index is -3.66. The summed E-state index contributed by atoms with van der Waals surface area (Å²) < 4.78 is 39.8. The van der Waals surface area contributed by atoms with Crippen LogP contribution in [0.1, 0.15) is 12.8 Å². The van der Waals surface area contributed by atoms with E-state index in [2.05, 4.69) is 23.9 Å². The lowest BCUT2D eigenvalue weighted by molar-refractivity contribution is -0.134. The van der Waals surface area contributed by atoms with Gasteiger partial charge in [-0.3, -0.25) is 9.69 Å². The van der Waals surface area contributed by atoms with E-state index in [0.717, 1.165) is 38.1 Å². The number of halogens is 1. The lowest BCUT2D eigenvalue weighted by atomic mass is 10.0. The average Bonchev–Trinajstić information content (AvgIpc) is 2.69. The molecule has 0 radical (unpaired) electrons. The summed E-state index contributed by atoms with van der Waals surface area (Å²) >= 11 is 0. The third kappa shape index (κ3) is 4.89. The van der Waals surface area contributed by atoms with Crippen LogP contribution in [0.4, 0.5) is 4.39 Å². The van der Waals surface area contributed by atoms with Gasteiger partial charge in [0.2, 0.25) is 15.9 Å². The first-order chi connectivity index (χ1) is 13.3. The zero-order chi connectivity index (χ0) is 20.3.